The molecule has 1 aliphatic heterocycles. The average Bonchev–Trinajstić information content (AvgIpc) is 2.69. The summed E-state index contributed by atoms with van der Waals surface area (Å²) in [4.78, 5) is 34.3. The summed E-state index contributed by atoms with van der Waals surface area (Å²) in [7, 11) is 1.53. The molecule has 3 rings (SSSR count). The Bertz CT molecular complexity index is 822. The molecule has 0 unspecified atom stereocenters. The second kappa shape index (κ2) is 9.03. The summed E-state index contributed by atoms with van der Waals surface area (Å²) >= 11 is 0. The molecule has 1 aliphatic rings. The van der Waals surface area contributed by atoms with E-state index in [-0.39, 0.29) is 18.0 Å². The molecule has 0 radical (unpaired) electrons. The zero-order chi connectivity index (χ0) is 19.9. The van der Waals surface area contributed by atoms with Crippen molar-refractivity contribution in [1.82, 2.24) is 15.3 Å². The van der Waals surface area contributed by atoms with Crippen molar-refractivity contribution in [1.29, 1.82) is 0 Å². The van der Waals surface area contributed by atoms with E-state index < -0.39 is 0 Å². The van der Waals surface area contributed by atoms with Crippen molar-refractivity contribution in [3.8, 4) is 5.75 Å². The first-order valence-corrected chi connectivity index (χ1v) is 9.10. The lowest BCUT2D eigenvalue weighted by Crippen LogP contribution is -2.46. The summed E-state index contributed by atoms with van der Waals surface area (Å²) in [6, 6.07) is 6.60. The number of carbonyl (C=O) groups is 2. The zero-order valence-electron chi connectivity index (χ0n) is 15.9. The Hall–Kier alpha value is -3.36. The van der Waals surface area contributed by atoms with Crippen LogP contribution in [0.5, 0.6) is 5.75 Å². The van der Waals surface area contributed by atoms with Crippen LogP contribution < -0.4 is 25.6 Å². The van der Waals surface area contributed by atoms with Crippen molar-refractivity contribution >= 4 is 29.3 Å². The number of hydrogen-bond acceptors (Lipinski definition) is 6. The monoisotopic (exact) mass is 384 g/mol. The number of urea groups is 1. The van der Waals surface area contributed by atoms with Crippen molar-refractivity contribution in [2.75, 3.05) is 35.7 Å². The molecule has 2 aromatic rings. The second-order valence-corrected chi connectivity index (χ2v) is 6.50. The van der Waals surface area contributed by atoms with Crippen LogP contribution in [0, 0.1) is 0 Å². The fourth-order valence-electron chi connectivity index (χ4n) is 3.11. The van der Waals surface area contributed by atoms with Crippen LogP contribution in [0.25, 0.3) is 0 Å². The Kier molecular flexibility index (Phi) is 6.25. The molecule has 9 heteroatoms. The molecule has 0 aliphatic carbocycles. The molecular weight excluding hydrogens is 360 g/mol. The van der Waals surface area contributed by atoms with Gasteiger partial charge >= 0.3 is 6.03 Å². The SMILES string of the molecule is COc1ccc(NC(C)=O)cc1NC(=O)NC1CCN(c2ncccn2)CC1. The van der Waals surface area contributed by atoms with Crippen LogP contribution in [0.3, 0.4) is 0 Å². The van der Waals surface area contributed by atoms with E-state index in [0.717, 1.165) is 25.9 Å². The van der Waals surface area contributed by atoms with Gasteiger partial charge in [-0.15, -0.1) is 0 Å². The van der Waals surface area contributed by atoms with E-state index in [1.165, 1.54) is 14.0 Å². The number of carbonyl (C=O) groups excluding carboxylic acids is 2. The predicted molar refractivity (Wildman–Crippen MR) is 107 cm³/mol. The maximum atomic E-state index is 12.4. The standard InChI is InChI=1S/C19H24N6O3/c1-13(26)22-15-4-5-17(28-2)16(12-15)24-19(27)23-14-6-10-25(11-7-14)18-20-8-3-9-21-18/h3-5,8-9,12,14H,6-7,10-11H2,1-2H3,(H,22,26)(H2,23,24,27). The number of rotatable bonds is 5. The van der Waals surface area contributed by atoms with Crippen molar-refractivity contribution in [3.63, 3.8) is 0 Å². The number of hydrogen-bond donors (Lipinski definition) is 3. The largest absolute Gasteiger partial charge is 0.495 e. The number of benzene rings is 1. The van der Waals surface area contributed by atoms with E-state index in [9.17, 15) is 9.59 Å². The Morgan fingerprint density at radius 1 is 1.14 bits per heavy atom. The van der Waals surface area contributed by atoms with Crippen LogP contribution in [0.4, 0.5) is 22.1 Å². The molecule has 28 heavy (non-hydrogen) atoms. The molecule has 1 aromatic carbocycles. The van der Waals surface area contributed by atoms with Crippen LogP contribution in [-0.4, -0.2) is 48.1 Å². The molecule has 148 valence electrons. The Labute approximate surface area is 163 Å². The Morgan fingerprint density at radius 2 is 1.86 bits per heavy atom. The first-order chi connectivity index (χ1) is 13.5. The lowest BCUT2D eigenvalue weighted by Gasteiger charge is -2.32. The van der Waals surface area contributed by atoms with Gasteiger partial charge in [-0.1, -0.05) is 0 Å². The minimum Gasteiger partial charge on any atom is -0.495 e. The second-order valence-electron chi connectivity index (χ2n) is 6.50. The van der Waals surface area contributed by atoms with Gasteiger partial charge in [0.05, 0.1) is 12.8 Å². The van der Waals surface area contributed by atoms with E-state index in [4.69, 9.17) is 4.74 Å². The first-order valence-electron chi connectivity index (χ1n) is 9.10. The summed E-state index contributed by atoms with van der Waals surface area (Å²) in [6.45, 7) is 2.98. The van der Waals surface area contributed by atoms with Crippen LogP contribution in [0.1, 0.15) is 19.8 Å². The van der Waals surface area contributed by atoms with Gasteiger partial charge in [-0.2, -0.15) is 0 Å². The van der Waals surface area contributed by atoms with Gasteiger partial charge in [0.15, 0.2) is 0 Å². The molecule has 0 saturated carbocycles. The highest BCUT2D eigenvalue weighted by atomic mass is 16.5. The molecule has 1 aromatic heterocycles. The van der Waals surface area contributed by atoms with Crippen molar-refractivity contribution in [2.24, 2.45) is 0 Å². The van der Waals surface area contributed by atoms with Gasteiger partial charge in [0.25, 0.3) is 0 Å². The van der Waals surface area contributed by atoms with Crippen molar-refractivity contribution in [3.05, 3.63) is 36.7 Å². The number of methoxy groups -OCH3 is 1. The van der Waals surface area contributed by atoms with E-state index in [1.807, 2.05) is 0 Å². The Balaban J connectivity index is 1.55. The quantitative estimate of drug-likeness (QED) is 0.730. The number of ether oxygens (including phenoxy) is 1. The molecule has 1 fully saturated rings. The fourth-order valence-corrected chi connectivity index (χ4v) is 3.11. The number of nitrogens with zero attached hydrogens (tertiary/aromatic N) is 3. The van der Waals surface area contributed by atoms with Crippen LogP contribution in [0.2, 0.25) is 0 Å². The highest BCUT2D eigenvalue weighted by Gasteiger charge is 2.22. The fraction of sp³-hybridized carbons (Fsp3) is 0.368. The number of piperidine rings is 1. The van der Waals surface area contributed by atoms with Crippen molar-refractivity contribution in [2.45, 2.75) is 25.8 Å². The summed E-state index contributed by atoms with van der Waals surface area (Å²) < 4.78 is 5.28. The third kappa shape index (κ3) is 5.09. The summed E-state index contributed by atoms with van der Waals surface area (Å²) in [5.41, 5.74) is 1.07. The third-order valence-electron chi connectivity index (χ3n) is 4.43. The lowest BCUT2D eigenvalue weighted by atomic mass is 10.1. The molecular formula is C19H24N6O3. The van der Waals surface area contributed by atoms with Gasteiger partial charge in [0.1, 0.15) is 5.75 Å². The number of anilines is 3. The Morgan fingerprint density at radius 3 is 2.50 bits per heavy atom. The first kappa shape index (κ1) is 19.4. The summed E-state index contributed by atoms with van der Waals surface area (Å²) in [5.74, 6) is 1.04. The molecule has 0 spiro atoms. The minimum atomic E-state index is -0.312. The van der Waals surface area contributed by atoms with Gasteiger partial charge < -0.3 is 25.6 Å². The van der Waals surface area contributed by atoms with Crippen LogP contribution in [0.15, 0.2) is 36.7 Å². The maximum Gasteiger partial charge on any atom is 0.319 e. The molecule has 0 bridgehead atoms. The predicted octanol–water partition coefficient (Wildman–Crippen LogP) is 2.23. The normalized spacial score (nSPS) is 14.3. The van der Waals surface area contributed by atoms with Crippen molar-refractivity contribution < 1.29 is 14.3 Å². The average molecular weight is 384 g/mol. The summed E-state index contributed by atoms with van der Waals surface area (Å²) in [5, 5.41) is 8.48. The van der Waals surface area contributed by atoms with E-state index >= 15 is 0 Å². The van der Waals surface area contributed by atoms with Gasteiger partial charge in [0, 0.05) is 44.1 Å². The zero-order valence-corrected chi connectivity index (χ0v) is 15.9. The minimum absolute atomic E-state index is 0.0597. The van der Waals surface area contributed by atoms with E-state index in [0.29, 0.717) is 23.1 Å². The van der Waals surface area contributed by atoms with Gasteiger partial charge in [-0.3, -0.25) is 4.79 Å². The van der Waals surface area contributed by atoms with Gasteiger partial charge in [-0.05, 0) is 37.1 Å². The smallest absolute Gasteiger partial charge is 0.319 e. The highest BCUT2D eigenvalue weighted by molar-refractivity contribution is 5.94. The van der Waals surface area contributed by atoms with Gasteiger partial charge in [-0.25, -0.2) is 14.8 Å². The molecule has 3 amide bonds. The van der Waals surface area contributed by atoms with Crippen LogP contribution >= 0.6 is 0 Å². The molecule has 1 saturated heterocycles. The van der Waals surface area contributed by atoms with E-state index in [1.54, 1.807) is 36.7 Å². The number of amides is 3. The topological polar surface area (TPSA) is 108 Å². The number of nitrogens with one attached hydrogen (secondary N) is 3. The highest BCUT2D eigenvalue weighted by Crippen LogP contribution is 2.28. The molecule has 0 atom stereocenters. The maximum absolute atomic E-state index is 12.4. The van der Waals surface area contributed by atoms with Crippen LogP contribution in [-0.2, 0) is 4.79 Å². The third-order valence-corrected chi connectivity index (χ3v) is 4.43. The lowest BCUT2D eigenvalue weighted by molar-refractivity contribution is -0.114. The molecule has 3 N–H and O–H groups in total. The number of aromatic nitrogens is 2. The molecule has 9 nitrogen and oxygen atoms in total. The molecule has 2 heterocycles. The summed E-state index contributed by atoms with van der Waals surface area (Å²) in [6.07, 6.45) is 5.05. The van der Waals surface area contributed by atoms with Gasteiger partial charge in [0.2, 0.25) is 11.9 Å². The van der Waals surface area contributed by atoms with E-state index in [2.05, 4.69) is 30.8 Å².